The van der Waals surface area contributed by atoms with Crippen LogP contribution in [0.25, 0.3) is 0 Å². The van der Waals surface area contributed by atoms with Gasteiger partial charge in [0.2, 0.25) is 5.66 Å². The predicted octanol–water partition coefficient (Wildman–Crippen LogP) is -1.97. The molecule has 0 aliphatic carbocycles. The van der Waals surface area contributed by atoms with Crippen LogP contribution in [0.2, 0.25) is 0 Å². The summed E-state index contributed by atoms with van der Waals surface area (Å²) in [5, 5.41) is 8.54. The first-order valence-corrected chi connectivity index (χ1v) is 2.99. The molecule has 0 radical (unpaired) electrons. The normalized spacial score (nSPS) is 11.2. The highest BCUT2D eigenvalue weighted by molar-refractivity contribution is 5.78. The van der Waals surface area contributed by atoms with E-state index >= 15 is 0 Å². The number of carbonyl (C=O) groups is 1. The fourth-order valence-corrected chi connectivity index (χ4v) is 0.548. The Labute approximate surface area is 67.5 Å². The van der Waals surface area contributed by atoms with Gasteiger partial charge >= 0.3 is 5.97 Å². The fraction of sp³-hybridized carbons (Fsp3) is 0.200. The zero-order valence-electron chi connectivity index (χ0n) is 6.01. The van der Waals surface area contributed by atoms with Crippen molar-refractivity contribution in [2.24, 2.45) is 11.5 Å². The average Bonchev–Trinajstić information content (AvgIpc) is 2.06. The number of rotatable bonds is 2. The highest BCUT2D eigenvalue weighted by Crippen LogP contribution is 2.03. The maximum atomic E-state index is 10.5. The molecule has 0 amide bonds. The number of carboxylic acids is 1. The minimum absolute atomic E-state index is 0.176. The Balaban J connectivity index is 3.06. The number of carboxylic acid groups (broad SMARTS) is 1. The first kappa shape index (κ1) is 8.50. The van der Waals surface area contributed by atoms with Gasteiger partial charge in [0.1, 0.15) is 12.7 Å². The van der Waals surface area contributed by atoms with Crippen LogP contribution in [-0.4, -0.2) is 26.0 Å². The van der Waals surface area contributed by atoms with E-state index in [9.17, 15) is 4.79 Å². The molecule has 0 bridgehead atoms. The molecule has 0 saturated heterocycles. The van der Waals surface area contributed by atoms with Crippen molar-refractivity contribution in [1.82, 2.24) is 15.0 Å². The molecule has 7 nitrogen and oxygen atoms in total. The molecule has 64 valence electrons. The minimum Gasteiger partial charge on any atom is -0.479 e. The molecule has 1 heterocycles. The van der Waals surface area contributed by atoms with E-state index < -0.39 is 11.6 Å². The van der Waals surface area contributed by atoms with Gasteiger partial charge in [0, 0.05) is 0 Å². The van der Waals surface area contributed by atoms with E-state index in [2.05, 4.69) is 15.0 Å². The largest absolute Gasteiger partial charge is 0.479 e. The lowest BCUT2D eigenvalue weighted by Gasteiger charge is -2.15. The number of hydrogen-bond donors (Lipinski definition) is 3. The van der Waals surface area contributed by atoms with Crippen LogP contribution in [-0.2, 0) is 10.5 Å². The molecular formula is C5H7N5O2. The molecule has 5 N–H and O–H groups in total. The van der Waals surface area contributed by atoms with E-state index in [0.717, 1.165) is 12.7 Å². The SMILES string of the molecule is NC(N)(C(=O)O)c1ncncn1. The third-order valence-electron chi connectivity index (χ3n) is 1.22. The molecule has 0 unspecified atom stereocenters. The lowest BCUT2D eigenvalue weighted by atomic mass is 10.2. The summed E-state index contributed by atoms with van der Waals surface area (Å²) in [6.07, 6.45) is 2.25. The summed E-state index contributed by atoms with van der Waals surface area (Å²) in [4.78, 5) is 21.0. The van der Waals surface area contributed by atoms with Crippen LogP contribution in [0.5, 0.6) is 0 Å². The summed E-state index contributed by atoms with van der Waals surface area (Å²) in [5.41, 5.74) is 8.36. The molecular weight excluding hydrogens is 162 g/mol. The molecule has 0 aliphatic rings. The molecule has 1 aromatic heterocycles. The standard InChI is InChI=1S/C5H7N5O2/c6-5(7,4(11)12)3-9-1-8-2-10-3/h1-2H,6-7H2,(H,11,12). The van der Waals surface area contributed by atoms with Gasteiger partial charge in [0.15, 0.2) is 5.82 Å². The Bertz CT molecular complexity index is 285. The molecule has 0 aliphatic heterocycles. The van der Waals surface area contributed by atoms with Crippen LogP contribution in [0, 0.1) is 0 Å². The number of aromatic nitrogens is 3. The van der Waals surface area contributed by atoms with Gasteiger partial charge in [-0.05, 0) is 0 Å². The Morgan fingerprint density at radius 1 is 1.42 bits per heavy atom. The lowest BCUT2D eigenvalue weighted by Crippen LogP contribution is -2.54. The lowest BCUT2D eigenvalue weighted by molar-refractivity contribution is -0.143. The van der Waals surface area contributed by atoms with Crippen LogP contribution >= 0.6 is 0 Å². The second-order valence-corrected chi connectivity index (χ2v) is 2.14. The molecule has 0 saturated carbocycles. The van der Waals surface area contributed by atoms with Gasteiger partial charge in [-0.3, -0.25) is 11.5 Å². The summed E-state index contributed by atoms with van der Waals surface area (Å²) >= 11 is 0. The van der Waals surface area contributed by atoms with Crippen molar-refractivity contribution in [2.75, 3.05) is 0 Å². The van der Waals surface area contributed by atoms with Crippen LogP contribution in [0.1, 0.15) is 5.82 Å². The van der Waals surface area contributed by atoms with Gasteiger partial charge in [-0.15, -0.1) is 0 Å². The van der Waals surface area contributed by atoms with E-state index in [4.69, 9.17) is 16.6 Å². The zero-order chi connectivity index (χ0) is 9.19. The van der Waals surface area contributed by atoms with E-state index in [1.165, 1.54) is 0 Å². The molecule has 7 heteroatoms. The highest BCUT2D eigenvalue weighted by atomic mass is 16.4. The Hall–Kier alpha value is -1.60. The van der Waals surface area contributed by atoms with Crippen molar-refractivity contribution >= 4 is 5.97 Å². The monoisotopic (exact) mass is 169 g/mol. The predicted molar refractivity (Wildman–Crippen MR) is 37.5 cm³/mol. The smallest absolute Gasteiger partial charge is 0.346 e. The van der Waals surface area contributed by atoms with Crippen molar-refractivity contribution in [1.29, 1.82) is 0 Å². The Morgan fingerprint density at radius 2 is 1.92 bits per heavy atom. The fourth-order valence-electron chi connectivity index (χ4n) is 0.548. The third kappa shape index (κ3) is 1.36. The van der Waals surface area contributed by atoms with Gasteiger partial charge in [-0.25, -0.2) is 19.7 Å². The number of hydrogen-bond acceptors (Lipinski definition) is 6. The summed E-state index contributed by atoms with van der Waals surface area (Å²) < 4.78 is 0. The summed E-state index contributed by atoms with van der Waals surface area (Å²) in [7, 11) is 0. The van der Waals surface area contributed by atoms with Crippen LogP contribution < -0.4 is 11.5 Å². The first-order valence-electron chi connectivity index (χ1n) is 2.99. The number of nitrogens with two attached hydrogens (primary N) is 2. The van der Waals surface area contributed by atoms with Gasteiger partial charge in [0.25, 0.3) is 0 Å². The molecule has 0 atom stereocenters. The van der Waals surface area contributed by atoms with E-state index in [0.29, 0.717) is 0 Å². The Morgan fingerprint density at radius 3 is 2.33 bits per heavy atom. The molecule has 0 aromatic carbocycles. The number of nitrogens with zero attached hydrogens (tertiary/aromatic N) is 3. The summed E-state index contributed by atoms with van der Waals surface area (Å²) in [5.74, 6) is -1.57. The second-order valence-electron chi connectivity index (χ2n) is 2.14. The van der Waals surface area contributed by atoms with Crippen molar-refractivity contribution in [3.8, 4) is 0 Å². The topological polar surface area (TPSA) is 128 Å². The molecule has 12 heavy (non-hydrogen) atoms. The second kappa shape index (κ2) is 2.80. The Kier molecular flexibility index (Phi) is 1.98. The van der Waals surface area contributed by atoms with Crippen molar-refractivity contribution in [3.05, 3.63) is 18.5 Å². The molecule has 1 rings (SSSR count). The third-order valence-corrected chi connectivity index (χ3v) is 1.22. The maximum absolute atomic E-state index is 10.5. The van der Waals surface area contributed by atoms with E-state index in [1.54, 1.807) is 0 Å². The van der Waals surface area contributed by atoms with E-state index in [-0.39, 0.29) is 5.82 Å². The average molecular weight is 169 g/mol. The van der Waals surface area contributed by atoms with Gasteiger partial charge < -0.3 is 5.11 Å². The summed E-state index contributed by atoms with van der Waals surface area (Å²) in [6, 6.07) is 0. The minimum atomic E-state index is -2.05. The van der Waals surface area contributed by atoms with Crippen molar-refractivity contribution < 1.29 is 9.90 Å². The van der Waals surface area contributed by atoms with Crippen LogP contribution in [0.4, 0.5) is 0 Å². The molecule has 0 fully saturated rings. The highest BCUT2D eigenvalue weighted by Gasteiger charge is 2.34. The van der Waals surface area contributed by atoms with Gasteiger partial charge in [-0.2, -0.15) is 0 Å². The first-order chi connectivity index (χ1) is 5.55. The van der Waals surface area contributed by atoms with E-state index in [1.807, 2.05) is 0 Å². The van der Waals surface area contributed by atoms with Gasteiger partial charge in [0.05, 0.1) is 0 Å². The van der Waals surface area contributed by atoms with Crippen molar-refractivity contribution in [2.45, 2.75) is 5.66 Å². The van der Waals surface area contributed by atoms with Crippen LogP contribution in [0.3, 0.4) is 0 Å². The van der Waals surface area contributed by atoms with Gasteiger partial charge in [-0.1, -0.05) is 0 Å². The number of aliphatic carboxylic acids is 1. The molecule has 1 aromatic rings. The molecule has 0 spiro atoms. The zero-order valence-corrected chi connectivity index (χ0v) is 6.01. The quantitative estimate of drug-likeness (QED) is 0.438. The maximum Gasteiger partial charge on any atom is 0.346 e. The summed E-state index contributed by atoms with van der Waals surface area (Å²) in [6.45, 7) is 0. The van der Waals surface area contributed by atoms with Crippen LogP contribution in [0.15, 0.2) is 12.7 Å². The van der Waals surface area contributed by atoms with Crippen molar-refractivity contribution in [3.63, 3.8) is 0 Å².